The second kappa shape index (κ2) is 17.9. The van der Waals surface area contributed by atoms with E-state index in [4.69, 9.17) is 18.9 Å². The van der Waals surface area contributed by atoms with E-state index in [0.29, 0.717) is 26.8 Å². The van der Waals surface area contributed by atoms with Gasteiger partial charge in [-0.15, -0.1) is 0 Å². The SMILES string of the molecule is CCCOCOCCSSCCOCOCCS. The van der Waals surface area contributed by atoms with Crippen molar-refractivity contribution in [2.45, 2.75) is 13.3 Å². The molecule has 0 unspecified atom stereocenters. The van der Waals surface area contributed by atoms with Gasteiger partial charge in [-0.2, -0.15) is 12.6 Å². The molecule has 0 heterocycles. The molecule has 18 heavy (non-hydrogen) atoms. The Balaban J connectivity index is 2.86. The van der Waals surface area contributed by atoms with Crippen LogP contribution in [-0.2, 0) is 18.9 Å². The van der Waals surface area contributed by atoms with Crippen molar-refractivity contribution in [1.82, 2.24) is 0 Å². The van der Waals surface area contributed by atoms with E-state index < -0.39 is 0 Å². The third kappa shape index (κ3) is 16.9. The smallest absolute Gasteiger partial charge is 0.146 e. The fraction of sp³-hybridized carbons (Fsp3) is 1.00. The second-order valence-electron chi connectivity index (χ2n) is 3.24. The van der Waals surface area contributed by atoms with E-state index >= 15 is 0 Å². The molecular weight excluding hydrogens is 292 g/mol. The number of rotatable bonds is 15. The minimum absolute atomic E-state index is 0.365. The monoisotopic (exact) mass is 316 g/mol. The van der Waals surface area contributed by atoms with Gasteiger partial charge in [0.25, 0.3) is 0 Å². The van der Waals surface area contributed by atoms with Crippen LogP contribution < -0.4 is 0 Å². The fourth-order valence-electron chi connectivity index (χ4n) is 0.866. The molecule has 0 aromatic carbocycles. The third-order valence-electron chi connectivity index (χ3n) is 1.62. The summed E-state index contributed by atoms with van der Waals surface area (Å²) >= 11 is 4.03. The van der Waals surface area contributed by atoms with E-state index in [-0.39, 0.29) is 0 Å². The lowest BCUT2D eigenvalue weighted by Gasteiger charge is -2.05. The Morgan fingerprint density at radius 2 is 1.28 bits per heavy atom. The number of thiol groups is 1. The average Bonchev–Trinajstić information content (AvgIpc) is 2.39. The predicted octanol–water partition coefficient (Wildman–Crippen LogP) is 2.69. The third-order valence-corrected chi connectivity index (χ3v) is 4.14. The molecule has 0 radical (unpaired) electrons. The predicted molar refractivity (Wildman–Crippen MR) is 82.6 cm³/mol. The minimum atomic E-state index is 0.365. The van der Waals surface area contributed by atoms with Crippen LogP contribution in [0.25, 0.3) is 0 Å². The van der Waals surface area contributed by atoms with Gasteiger partial charge in [-0.3, -0.25) is 0 Å². The Hall–Kier alpha value is 0.890. The van der Waals surface area contributed by atoms with Crippen LogP contribution in [0.2, 0.25) is 0 Å². The molecule has 0 amide bonds. The van der Waals surface area contributed by atoms with Crippen LogP contribution in [0, 0.1) is 0 Å². The number of ether oxygens (including phenoxy) is 4. The molecule has 0 saturated carbocycles. The first-order valence-electron chi connectivity index (χ1n) is 6.08. The van der Waals surface area contributed by atoms with Gasteiger partial charge in [0.15, 0.2) is 0 Å². The molecule has 0 N–H and O–H groups in total. The van der Waals surface area contributed by atoms with Crippen molar-refractivity contribution < 1.29 is 18.9 Å². The van der Waals surface area contributed by atoms with Gasteiger partial charge in [0.1, 0.15) is 13.6 Å². The normalized spacial score (nSPS) is 11.0. The summed E-state index contributed by atoms with van der Waals surface area (Å²) in [5.41, 5.74) is 0. The molecule has 7 heteroatoms. The van der Waals surface area contributed by atoms with E-state index in [1.54, 1.807) is 21.6 Å². The Morgan fingerprint density at radius 1 is 0.778 bits per heavy atom. The lowest BCUT2D eigenvalue weighted by Crippen LogP contribution is -2.05. The van der Waals surface area contributed by atoms with Crippen molar-refractivity contribution in [3.8, 4) is 0 Å². The zero-order valence-electron chi connectivity index (χ0n) is 11.0. The fourth-order valence-corrected chi connectivity index (χ4v) is 2.72. The molecule has 0 fully saturated rings. The second-order valence-corrected chi connectivity index (χ2v) is 6.39. The van der Waals surface area contributed by atoms with Crippen LogP contribution in [0.4, 0.5) is 0 Å². The summed E-state index contributed by atoms with van der Waals surface area (Å²) in [6.07, 6.45) is 1.03. The van der Waals surface area contributed by atoms with E-state index in [0.717, 1.165) is 36.9 Å². The topological polar surface area (TPSA) is 36.9 Å². The highest BCUT2D eigenvalue weighted by Crippen LogP contribution is 2.20. The summed E-state index contributed by atoms with van der Waals surface area (Å²) in [6.45, 7) is 5.71. The van der Waals surface area contributed by atoms with E-state index in [1.807, 2.05) is 0 Å². The van der Waals surface area contributed by atoms with Crippen molar-refractivity contribution >= 4 is 34.2 Å². The Labute approximate surface area is 124 Å². The molecule has 4 nitrogen and oxygen atoms in total. The maximum atomic E-state index is 5.29. The van der Waals surface area contributed by atoms with Gasteiger partial charge in [0, 0.05) is 23.9 Å². The van der Waals surface area contributed by atoms with Crippen LogP contribution >= 0.6 is 34.2 Å². The molecule has 0 spiro atoms. The summed E-state index contributed by atoms with van der Waals surface area (Å²) in [6, 6.07) is 0. The van der Waals surface area contributed by atoms with E-state index in [1.165, 1.54) is 0 Å². The van der Waals surface area contributed by atoms with Gasteiger partial charge in [0.2, 0.25) is 0 Å². The maximum Gasteiger partial charge on any atom is 0.146 e. The first-order chi connectivity index (χ1) is 8.91. The van der Waals surface area contributed by atoms with Crippen molar-refractivity contribution in [1.29, 1.82) is 0 Å². The molecule has 0 atom stereocenters. The summed E-state index contributed by atoms with van der Waals surface area (Å²) < 4.78 is 20.9. The van der Waals surface area contributed by atoms with Gasteiger partial charge >= 0.3 is 0 Å². The quantitative estimate of drug-likeness (QED) is 0.217. The van der Waals surface area contributed by atoms with Crippen LogP contribution in [0.15, 0.2) is 0 Å². The summed E-state index contributed by atoms with van der Waals surface area (Å²) in [5, 5.41) is 0. The van der Waals surface area contributed by atoms with Crippen LogP contribution in [0.3, 0.4) is 0 Å². The standard InChI is InChI=1S/C11H24O4S3/c1-2-3-12-10-14-5-8-17-18-9-6-15-11-13-4-7-16/h16H,2-11H2,1H3. The van der Waals surface area contributed by atoms with Gasteiger partial charge in [0.05, 0.1) is 19.8 Å². The van der Waals surface area contributed by atoms with Gasteiger partial charge < -0.3 is 18.9 Å². The molecule has 0 saturated heterocycles. The highest BCUT2D eigenvalue weighted by molar-refractivity contribution is 8.76. The molecule has 0 aromatic heterocycles. The minimum Gasteiger partial charge on any atom is -0.355 e. The first kappa shape index (κ1) is 18.9. The zero-order valence-corrected chi connectivity index (χ0v) is 13.5. The number of hydrogen-bond acceptors (Lipinski definition) is 7. The summed E-state index contributed by atoms with van der Waals surface area (Å²) in [7, 11) is 3.57. The molecule has 0 aliphatic carbocycles. The van der Waals surface area contributed by atoms with Crippen LogP contribution in [0.1, 0.15) is 13.3 Å². The van der Waals surface area contributed by atoms with E-state index in [9.17, 15) is 0 Å². The van der Waals surface area contributed by atoms with Gasteiger partial charge in [-0.05, 0) is 6.42 Å². The Bertz CT molecular complexity index is 136. The molecule has 110 valence electrons. The summed E-state index contributed by atoms with van der Waals surface area (Å²) in [5.74, 6) is 2.66. The van der Waals surface area contributed by atoms with Gasteiger partial charge in [-0.1, -0.05) is 28.5 Å². The average molecular weight is 317 g/mol. The first-order valence-corrected chi connectivity index (χ1v) is 9.20. The van der Waals surface area contributed by atoms with Gasteiger partial charge in [-0.25, -0.2) is 0 Å². The highest BCUT2D eigenvalue weighted by atomic mass is 33.1. The Kier molecular flexibility index (Phi) is 18.8. The highest BCUT2D eigenvalue weighted by Gasteiger charge is 1.93. The molecular formula is C11H24O4S3. The van der Waals surface area contributed by atoms with E-state index in [2.05, 4.69) is 19.6 Å². The van der Waals surface area contributed by atoms with Crippen molar-refractivity contribution in [3.05, 3.63) is 0 Å². The number of hydrogen-bond donors (Lipinski definition) is 1. The lowest BCUT2D eigenvalue weighted by atomic mass is 10.5. The van der Waals surface area contributed by atoms with Crippen molar-refractivity contribution in [2.24, 2.45) is 0 Å². The van der Waals surface area contributed by atoms with Crippen LogP contribution in [-0.4, -0.2) is 57.3 Å². The largest absolute Gasteiger partial charge is 0.355 e. The zero-order chi connectivity index (χ0) is 13.3. The maximum absolute atomic E-state index is 5.29. The van der Waals surface area contributed by atoms with Crippen molar-refractivity contribution in [3.63, 3.8) is 0 Å². The van der Waals surface area contributed by atoms with Crippen molar-refractivity contribution in [2.75, 3.05) is 57.3 Å². The molecule has 0 aliphatic heterocycles. The molecule has 0 aromatic rings. The summed E-state index contributed by atoms with van der Waals surface area (Å²) in [4.78, 5) is 0. The lowest BCUT2D eigenvalue weighted by molar-refractivity contribution is -0.0479. The Morgan fingerprint density at radius 3 is 1.78 bits per heavy atom. The molecule has 0 aliphatic rings. The molecule has 0 bridgehead atoms. The van der Waals surface area contributed by atoms with Crippen LogP contribution in [0.5, 0.6) is 0 Å². The molecule has 0 rings (SSSR count).